The van der Waals surface area contributed by atoms with Gasteiger partial charge in [-0.3, -0.25) is 0 Å². The first-order chi connectivity index (χ1) is 9.51. The summed E-state index contributed by atoms with van der Waals surface area (Å²) in [5.41, 5.74) is 5.89. The smallest absolute Gasteiger partial charge is 0.340 e. The quantitative estimate of drug-likeness (QED) is 0.882. The van der Waals surface area contributed by atoms with Gasteiger partial charge in [0.2, 0.25) is 0 Å². The number of rotatable bonds is 3. The third-order valence-electron chi connectivity index (χ3n) is 2.42. The van der Waals surface area contributed by atoms with Crippen LogP contribution in [0, 0.1) is 11.6 Å². The van der Waals surface area contributed by atoms with Gasteiger partial charge in [0.1, 0.15) is 16.7 Å². The summed E-state index contributed by atoms with van der Waals surface area (Å²) in [6.45, 7) is 0. The fraction of sp³-hybridized carbons (Fsp3) is 0.0769. The molecule has 0 aliphatic heterocycles. The van der Waals surface area contributed by atoms with Crippen molar-refractivity contribution in [2.24, 2.45) is 0 Å². The van der Waals surface area contributed by atoms with Crippen LogP contribution >= 0.6 is 11.8 Å². The Kier molecular flexibility index (Phi) is 4.19. The lowest BCUT2D eigenvalue weighted by molar-refractivity contribution is 0.0601. The normalized spacial score (nSPS) is 10.3. The van der Waals surface area contributed by atoms with Gasteiger partial charge in [-0.05, 0) is 24.3 Å². The summed E-state index contributed by atoms with van der Waals surface area (Å²) >= 11 is 0.890. The number of hydrogen-bond donors (Lipinski definition) is 1. The minimum Gasteiger partial charge on any atom is -0.465 e. The van der Waals surface area contributed by atoms with E-state index in [1.165, 1.54) is 19.4 Å². The van der Waals surface area contributed by atoms with E-state index in [0.717, 1.165) is 30.0 Å². The Morgan fingerprint density at radius 2 is 2.10 bits per heavy atom. The summed E-state index contributed by atoms with van der Waals surface area (Å²) < 4.78 is 31.2. The number of nitrogens with two attached hydrogens (primary N) is 1. The largest absolute Gasteiger partial charge is 0.465 e. The molecule has 20 heavy (non-hydrogen) atoms. The molecule has 2 rings (SSSR count). The van der Waals surface area contributed by atoms with Crippen molar-refractivity contribution in [3.05, 3.63) is 47.7 Å². The van der Waals surface area contributed by atoms with Gasteiger partial charge in [0, 0.05) is 0 Å². The average molecular weight is 296 g/mol. The molecule has 0 saturated carbocycles. The van der Waals surface area contributed by atoms with Crippen molar-refractivity contribution in [2.45, 2.75) is 9.92 Å². The van der Waals surface area contributed by atoms with Crippen LogP contribution in [0.25, 0.3) is 0 Å². The van der Waals surface area contributed by atoms with Crippen molar-refractivity contribution in [3.63, 3.8) is 0 Å². The van der Waals surface area contributed by atoms with Crippen LogP contribution in [-0.4, -0.2) is 18.1 Å². The van der Waals surface area contributed by atoms with E-state index in [-0.39, 0.29) is 16.1 Å². The molecule has 1 heterocycles. The molecule has 0 aliphatic rings. The highest BCUT2D eigenvalue weighted by Crippen LogP contribution is 2.30. The fourth-order valence-corrected chi connectivity index (χ4v) is 2.30. The molecular weight excluding hydrogens is 286 g/mol. The second-order valence-corrected chi connectivity index (χ2v) is 4.84. The van der Waals surface area contributed by atoms with Gasteiger partial charge < -0.3 is 10.5 Å². The molecule has 0 amide bonds. The van der Waals surface area contributed by atoms with Crippen molar-refractivity contribution in [3.8, 4) is 0 Å². The van der Waals surface area contributed by atoms with Crippen LogP contribution in [0.5, 0.6) is 0 Å². The molecule has 0 radical (unpaired) electrons. The van der Waals surface area contributed by atoms with Crippen molar-refractivity contribution >= 4 is 23.4 Å². The predicted octanol–water partition coefficient (Wildman–Crippen LogP) is 2.88. The van der Waals surface area contributed by atoms with E-state index in [9.17, 15) is 13.6 Å². The minimum absolute atomic E-state index is 0.0677. The third kappa shape index (κ3) is 3.05. The zero-order valence-corrected chi connectivity index (χ0v) is 11.2. The highest BCUT2D eigenvalue weighted by atomic mass is 32.2. The van der Waals surface area contributed by atoms with E-state index >= 15 is 0 Å². The average Bonchev–Trinajstić information content (AvgIpc) is 2.44. The molecule has 0 fully saturated rings. The number of aromatic nitrogens is 1. The number of nitrogens with zero attached hydrogens (tertiary/aromatic N) is 1. The number of esters is 1. The van der Waals surface area contributed by atoms with E-state index in [0.29, 0.717) is 5.03 Å². The van der Waals surface area contributed by atoms with Crippen molar-refractivity contribution in [2.75, 3.05) is 12.8 Å². The van der Waals surface area contributed by atoms with Gasteiger partial charge in [0.05, 0.1) is 29.5 Å². The molecule has 2 aromatic rings. The molecule has 4 nitrogen and oxygen atoms in total. The number of nitrogen functional groups attached to an aromatic ring is 1. The lowest BCUT2D eigenvalue weighted by Crippen LogP contribution is -2.06. The highest BCUT2D eigenvalue weighted by molar-refractivity contribution is 7.99. The minimum atomic E-state index is -0.619. The zero-order valence-electron chi connectivity index (χ0n) is 10.4. The number of benzene rings is 1. The molecule has 0 unspecified atom stereocenters. The molecule has 1 aromatic carbocycles. The zero-order chi connectivity index (χ0) is 14.7. The van der Waals surface area contributed by atoms with Gasteiger partial charge >= 0.3 is 5.97 Å². The summed E-state index contributed by atoms with van der Waals surface area (Å²) in [5.74, 6) is -1.75. The van der Waals surface area contributed by atoms with Gasteiger partial charge in [-0.25, -0.2) is 18.6 Å². The Bertz CT molecular complexity index is 665. The summed E-state index contributed by atoms with van der Waals surface area (Å²) in [4.78, 5) is 15.5. The first-order valence-corrected chi connectivity index (χ1v) is 6.29. The predicted molar refractivity (Wildman–Crippen MR) is 70.5 cm³/mol. The Labute approximate surface area is 118 Å². The Morgan fingerprint density at radius 1 is 1.35 bits per heavy atom. The Hall–Kier alpha value is -2.15. The standard InChI is InChI=1S/C13H10F2N2O2S/c1-19-13(18)8-5-12(17-6-10(8)16)20-11-4-7(14)2-3-9(11)15/h2-6H,16H2,1H3. The monoisotopic (exact) mass is 296 g/mol. The lowest BCUT2D eigenvalue weighted by Gasteiger charge is -2.06. The maximum Gasteiger partial charge on any atom is 0.340 e. The molecule has 1 aromatic heterocycles. The second kappa shape index (κ2) is 5.87. The molecule has 7 heteroatoms. The van der Waals surface area contributed by atoms with Crippen LogP contribution in [0.4, 0.5) is 14.5 Å². The van der Waals surface area contributed by atoms with E-state index < -0.39 is 17.6 Å². The maximum atomic E-state index is 13.5. The van der Waals surface area contributed by atoms with Crippen LogP contribution in [0.2, 0.25) is 0 Å². The fourth-order valence-electron chi connectivity index (χ4n) is 1.46. The molecule has 104 valence electrons. The number of pyridine rings is 1. The van der Waals surface area contributed by atoms with Crippen molar-refractivity contribution < 1.29 is 18.3 Å². The number of methoxy groups -OCH3 is 1. The molecular formula is C13H10F2N2O2S. The Balaban J connectivity index is 2.34. The molecule has 0 aliphatic carbocycles. The van der Waals surface area contributed by atoms with Crippen LogP contribution in [0.1, 0.15) is 10.4 Å². The number of halogens is 2. The van der Waals surface area contributed by atoms with Crippen LogP contribution in [-0.2, 0) is 4.74 Å². The number of hydrogen-bond acceptors (Lipinski definition) is 5. The SMILES string of the molecule is COC(=O)c1cc(Sc2cc(F)ccc2F)ncc1N. The highest BCUT2D eigenvalue weighted by Gasteiger charge is 2.13. The summed E-state index contributed by atoms with van der Waals surface area (Å²) in [6.07, 6.45) is 1.27. The molecule has 2 N–H and O–H groups in total. The van der Waals surface area contributed by atoms with Crippen molar-refractivity contribution in [1.82, 2.24) is 4.98 Å². The Morgan fingerprint density at radius 3 is 2.80 bits per heavy atom. The van der Waals surface area contributed by atoms with Gasteiger partial charge in [-0.2, -0.15) is 0 Å². The summed E-state index contributed by atoms with van der Waals surface area (Å²) in [7, 11) is 1.22. The van der Waals surface area contributed by atoms with Crippen LogP contribution in [0.15, 0.2) is 40.4 Å². The number of ether oxygens (including phenoxy) is 1. The number of carbonyl (C=O) groups is 1. The maximum absolute atomic E-state index is 13.5. The number of carbonyl (C=O) groups excluding carboxylic acids is 1. The van der Waals surface area contributed by atoms with E-state index in [1.807, 2.05) is 0 Å². The second-order valence-electron chi connectivity index (χ2n) is 3.78. The molecule has 0 saturated heterocycles. The first-order valence-electron chi connectivity index (χ1n) is 5.48. The first kappa shape index (κ1) is 14.3. The van der Waals surface area contributed by atoms with Crippen LogP contribution in [0.3, 0.4) is 0 Å². The third-order valence-corrected chi connectivity index (χ3v) is 3.39. The molecule has 0 bridgehead atoms. The van der Waals surface area contributed by atoms with Crippen LogP contribution < -0.4 is 5.73 Å². The van der Waals surface area contributed by atoms with E-state index in [4.69, 9.17) is 5.73 Å². The summed E-state index contributed by atoms with van der Waals surface area (Å²) in [6, 6.07) is 4.47. The molecule has 0 spiro atoms. The van der Waals surface area contributed by atoms with Gasteiger partial charge in [-0.15, -0.1) is 0 Å². The van der Waals surface area contributed by atoms with E-state index in [2.05, 4.69) is 9.72 Å². The van der Waals surface area contributed by atoms with Gasteiger partial charge in [0.15, 0.2) is 0 Å². The van der Waals surface area contributed by atoms with Gasteiger partial charge in [0.25, 0.3) is 0 Å². The van der Waals surface area contributed by atoms with Crippen molar-refractivity contribution in [1.29, 1.82) is 0 Å². The van der Waals surface area contributed by atoms with Gasteiger partial charge in [-0.1, -0.05) is 11.8 Å². The number of anilines is 1. The lowest BCUT2D eigenvalue weighted by atomic mass is 10.2. The summed E-state index contributed by atoms with van der Waals surface area (Å²) in [5, 5.41) is 0.309. The topological polar surface area (TPSA) is 65.2 Å². The van der Waals surface area contributed by atoms with E-state index in [1.54, 1.807) is 0 Å². The molecule has 0 atom stereocenters.